The van der Waals surface area contributed by atoms with E-state index in [1.165, 1.54) is 12.1 Å². The van der Waals surface area contributed by atoms with E-state index < -0.39 is 0 Å². The molecule has 0 aliphatic carbocycles. The van der Waals surface area contributed by atoms with Gasteiger partial charge in [-0.25, -0.2) is 4.39 Å². The molecule has 1 aromatic carbocycles. The number of nitrogens with one attached hydrogen (secondary N) is 1. The first-order valence-electron chi connectivity index (χ1n) is 8.18. The molecule has 2 aliphatic rings. The van der Waals surface area contributed by atoms with Gasteiger partial charge in [-0.3, -0.25) is 4.79 Å². The number of piperidine rings is 1. The monoisotopic (exact) mass is 305 g/mol. The number of hydrogen-bond donors (Lipinski definition) is 1. The SMILES string of the molecule is CC1NCCCC1C(=O)N1CCN(c2ccc(F)cc2)CC1. The van der Waals surface area contributed by atoms with E-state index >= 15 is 0 Å². The third-order valence-electron chi connectivity index (χ3n) is 4.86. The highest BCUT2D eigenvalue weighted by Gasteiger charge is 2.32. The van der Waals surface area contributed by atoms with Crippen LogP contribution in [0.15, 0.2) is 24.3 Å². The zero-order chi connectivity index (χ0) is 15.5. The van der Waals surface area contributed by atoms with Crippen LogP contribution >= 0.6 is 0 Å². The summed E-state index contributed by atoms with van der Waals surface area (Å²) < 4.78 is 13.0. The van der Waals surface area contributed by atoms with Crippen LogP contribution in [0.25, 0.3) is 0 Å². The molecule has 3 rings (SSSR count). The van der Waals surface area contributed by atoms with Crippen molar-refractivity contribution >= 4 is 11.6 Å². The Morgan fingerprint density at radius 1 is 1.18 bits per heavy atom. The maximum atomic E-state index is 13.0. The Labute approximate surface area is 131 Å². The molecule has 1 amide bonds. The lowest BCUT2D eigenvalue weighted by molar-refractivity contribution is -0.137. The van der Waals surface area contributed by atoms with Crippen LogP contribution in [0.5, 0.6) is 0 Å². The number of carbonyl (C=O) groups excluding carboxylic acids is 1. The van der Waals surface area contributed by atoms with Gasteiger partial charge in [0.25, 0.3) is 0 Å². The topological polar surface area (TPSA) is 35.6 Å². The second-order valence-electron chi connectivity index (χ2n) is 6.28. The molecule has 22 heavy (non-hydrogen) atoms. The van der Waals surface area contributed by atoms with Gasteiger partial charge in [-0.05, 0) is 50.6 Å². The summed E-state index contributed by atoms with van der Waals surface area (Å²) in [5.74, 6) is 0.195. The van der Waals surface area contributed by atoms with Crippen molar-refractivity contribution in [2.45, 2.75) is 25.8 Å². The van der Waals surface area contributed by atoms with Crippen molar-refractivity contribution in [3.63, 3.8) is 0 Å². The van der Waals surface area contributed by atoms with Gasteiger partial charge in [-0.15, -0.1) is 0 Å². The van der Waals surface area contributed by atoms with E-state index in [1.807, 2.05) is 4.90 Å². The lowest BCUT2D eigenvalue weighted by atomic mass is 9.90. The lowest BCUT2D eigenvalue weighted by Crippen LogP contribution is -2.54. The summed E-state index contributed by atoms with van der Waals surface area (Å²) in [5.41, 5.74) is 1.03. The minimum atomic E-state index is -0.212. The molecule has 2 saturated heterocycles. The van der Waals surface area contributed by atoms with Gasteiger partial charge in [-0.1, -0.05) is 0 Å². The fourth-order valence-electron chi connectivity index (χ4n) is 3.45. The number of piperazine rings is 1. The summed E-state index contributed by atoms with van der Waals surface area (Å²) in [7, 11) is 0. The summed E-state index contributed by atoms with van der Waals surface area (Å²) in [6, 6.07) is 6.86. The normalized spacial score (nSPS) is 26.1. The smallest absolute Gasteiger partial charge is 0.227 e. The number of amides is 1. The van der Waals surface area contributed by atoms with Crippen LogP contribution in [-0.4, -0.2) is 49.6 Å². The van der Waals surface area contributed by atoms with Gasteiger partial charge in [0.05, 0.1) is 5.92 Å². The maximum absolute atomic E-state index is 13.0. The number of carbonyl (C=O) groups is 1. The van der Waals surface area contributed by atoms with Crippen molar-refractivity contribution in [1.82, 2.24) is 10.2 Å². The summed E-state index contributed by atoms with van der Waals surface area (Å²) in [5, 5.41) is 3.40. The second kappa shape index (κ2) is 6.65. The van der Waals surface area contributed by atoms with Crippen LogP contribution in [0.1, 0.15) is 19.8 Å². The predicted octanol–water partition coefficient (Wildman–Crippen LogP) is 1.86. The molecule has 5 heteroatoms. The van der Waals surface area contributed by atoms with Crippen LogP contribution in [0.3, 0.4) is 0 Å². The van der Waals surface area contributed by atoms with E-state index in [0.717, 1.165) is 51.3 Å². The highest BCUT2D eigenvalue weighted by molar-refractivity contribution is 5.80. The van der Waals surface area contributed by atoms with Crippen molar-refractivity contribution in [3.05, 3.63) is 30.1 Å². The molecular formula is C17H24FN3O. The van der Waals surface area contributed by atoms with E-state index in [2.05, 4.69) is 17.1 Å². The van der Waals surface area contributed by atoms with Gasteiger partial charge < -0.3 is 15.1 Å². The Morgan fingerprint density at radius 2 is 1.86 bits per heavy atom. The molecule has 0 aromatic heterocycles. The number of halogens is 1. The van der Waals surface area contributed by atoms with E-state index in [9.17, 15) is 9.18 Å². The minimum Gasteiger partial charge on any atom is -0.368 e. The van der Waals surface area contributed by atoms with Crippen LogP contribution in [0.4, 0.5) is 10.1 Å². The van der Waals surface area contributed by atoms with Gasteiger partial charge in [0.2, 0.25) is 5.91 Å². The molecule has 2 unspecified atom stereocenters. The average molecular weight is 305 g/mol. The van der Waals surface area contributed by atoms with Gasteiger partial charge >= 0.3 is 0 Å². The minimum absolute atomic E-state index is 0.117. The molecular weight excluding hydrogens is 281 g/mol. The van der Waals surface area contributed by atoms with E-state index in [1.54, 1.807) is 12.1 Å². The summed E-state index contributed by atoms with van der Waals surface area (Å²) in [6.45, 7) is 6.25. The standard InChI is InChI=1S/C17H24FN3O/c1-13-16(3-2-8-19-13)17(22)21-11-9-20(10-12-21)15-6-4-14(18)5-7-15/h4-7,13,16,19H,2-3,8-12H2,1H3. The Hall–Kier alpha value is -1.62. The number of rotatable bonds is 2. The van der Waals surface area contributed by atoms with Crippen LogP contribution in [-0.2, 0) is 4.79 Å². The number of nitrogens with zero attached hydrogens (tertiary/aromatic N) is 2. The average Bonchev–Trinajstić information content (AvgIpc) is 2.56. The van der Waals surface area contributed by atoms with Crippen molar-refractivity contribution in [2.24, 2.45) is 5.92 Å². The number of benzene rings is 1. The Bertz CT molecular complexity index is 511. The summed E-state index contributed by atoms with van der Waals surface area (Å²) >= 11 is 0. The maximum Gasteiger partial charge on any atom is 0.227 e. The van der Waals surface area contributed by atoms with Crippen LogP contribution in [0.2, 0.25) is 0 Å². The molecule has 120 valence electrons. The van der Waals surface area contributed by atoms with Crippen molar-refractivity contribution in [3.8, 4) is 0 Å². The Balaban J connectivity index is 1.57. The highest BCUT2D eigenvalue weighted by atomic mass is 19.1. The quantitative estimate of drug-likeness (QED) is 0.906. The first-order valence-corrected chi connectivity index (χ1v) is 8.18. The lowest BCUT2D eigenvalue weighted by Gasteiger charge is -2.39. The molecule has 1 aromatic rings. The van der Waals surface area contributed by atoms with Gasteiger partial charge in [0.15, 0.2) is 0 Å². The number of hydrogen-bond acceptors (Lipinski definition) is 3. The van der Waals surface area contributed by atoms with Gasteiger partial charge in [-0.2, -0.15) is 0 Å². The molecule has 2 atom stereocenters. The van der Waals surface area contributed by atoms with Gasteiger partial charge in [0, 0.05) is 37.9 Å². The summed E-state index contributed by atoms with van der Waals surface area (Å²) in [6.07, 6.45) is 2.07. The molecule has 0 saturated carbocycles. The molecule has 2 heterocycles. The highest BCUT2D eigenvalue weighted by Crippen LogP contribution is 2.22. The summed E-state index contributed by atoms with van der Waals surface area (Å²) in [4.78, 5) is 16.9. The molecule has 0 spiro atoms. The third-order valence-corrected chi connectivity index (χ3v) is 4.86. The van der Waals surface area contributed by atoms with Crippen molar-refractivity contribution in [2.75, 3.05) is 37.6 Å². The third kappa shape index (κ3) is 3.24. The molecule has 1 N–H and O–H groups in total. The molecule has 4 nitrogen and oxygen atoms in total. The van der Waals surface area contributed by atoms with E-state index in [0.29, 0.717) is 5.91 Å². The van der Waals surface area contributed by atoms with E-state index in [-0.39, 0.29) is 17.8 Å². The fourth-order valence-corrected chi connectivity index (χ4v) is 3.45. The molecule has 2 aliphatic heterocycles. The first kappa shape index (κ1) is 15.3. The van der Waals surface area contributed by atoms with Crippen LogP contribution < -0.4 is 10.2 Å². The van der Waals surface area contributed by atoms with Crippen molar-refractivity contribution in [1.29, 1.82) is 0 Å². The zero-order valence-electron chi connectivity index (χ0n) is 13.1. The van der Waals surface area contributed by atoms with Crippen LogP contribution in [0, 0.1) is 11.7 Å². The molecule has 0 radical (unpaired) electrons. The first-order chi connectivity index (χ1) is 10.6. The Morgan fingerprint density at radius 3 is 2.50 bits per heavy atom. The number of anilines is 1. The van der Waals surface area contributed by atoms with E-state index in [4.69, 9.17) is 0 Å². The van der Waals surface area contributed by atoms with Crippen molar-refractivity contribution < 1.29 is 9.18 Å². The zero-order valence-corrected chi connectivity index (χ0v) is 13.1. The fraction of sp³-hybridized carbons (Fsp3) is 0.588. The molecule has 2 fully saturated rings. The second-order valence-corrected chi connectivity index (χ2v) is 6.28. The Kier molecular flexibility index (Phi) is 4.62. The predicted molar refractivity (Wildman–Crippen MR) is 85.4 cm³/mol. The molecule has 0 bridgehead atoms. The largest absolute Gasteiger partial charge is 0.368 e. The van der Waals surface area contributed by atoms with Gasteiger partial charge in [0.1, 0.15) is 5.82 Å².